The van der Waals surface area contributed by atoms with Gasteiger partial charge in [0.1, 0.15) is 6.04 Å². The van der Waals surface area contributed by atoms with Gasteiger partial charge in [0.05, 0.1) is 17.7 Å². The van der Waals surface area contributed by atoms with Gasteiger partial charge in [-0.1, -0.05) is 67.1 Å². The van der Waals surface area contributed by atoms with Crippen LogP contribution in [0, 0.1) is 11.8 Å². The van der Waals surface area contributed by atoms with Crippen LogP contribution in [0.15, 0.2) is 60.7 Å². The molecule has 2 heterocycles. The number of fused-ring (bicyclic) bond motifs is 2. The lowest BCUT2D eigenvalue weighted by molar-refractivity contribution is -0.143. The van der Waals surface area contributed by atoms with Gasteiger partial charge in [-0.15, -0.1) is 0 Å². The highest BCUT2D eigenvalue weighted by Gasteiger charge is 2.48. The zero-order valence-electron chi connectivity index (χ0n) is 24.9. The molecule has 8 heteroatoms. The zero-order valence-corrected chi connectivity index (χ0v) is 24.9. The smallest absolute Gasteiger partial charge is 0.246 e. The summed E-state index contributed by atoms with van der Waals surface area (Å²) >= 11 is 0. The Bertz CT molecular complexity index is 1280. The van der Waals surface area contributed by atoms with E-state index in [-0.39, 0.29) is 42.6 Å². The van der Waals surface area contributed by atoms with Crippen molar-refractivity contribution >= 4 is 23.5 Å². The van der Waals surface area contributed by atoms with E-state index in [9.17, 15) is 19.2 Å². The molecule has 224 valence electrons. The first-order valence-corrected chi connectivity index (χ1v) is 15.3. The molecular weight excluding hydrogens is 530 g/mol. The lowest BCUT2D eigenvalue weighted by atomic mass is 9.86. The number of hydrogen-bond acceptors (Lipinski definition) is 5. The summed E-state index contributed by atoms with van der Waals surface area (Å²) in [4.78, 5) is 57.3. The first kappa shape index (κ1) is 30.0. The van der Waals surface area contributed by atoms with E-state index in [4.69, 9.17) is 4.74 Å². The van der Waals surface area contributed by atoms with E-state index in [2.05, 4.69) is 10.6 Å². The maximum absolute atomic E-state index is 14.3. The summed E-state index contributed by atoms with van der Waals surface area (Å²) < 4.78 is 6.27. The molecule has 2 aromatic carbocycles. The lowest BCUT2D eigenvalue weighted by Gasteiger charge is -2.30. The highest BCUT2D eigenvalue weighted by Crippen LogP contribution is 2.37. The summed E-state index contributed by atoms with van der Waals surface area (Å²) in [5, 5.41) is 6.12. The van der Waals surface area contributed by atoms with Gasteiger partial charge in [-0.2, -0.15) is 0 Å². The third-order valence-electron chi connectivity index (χ3n) is 8.63. The highest BCUT2D eigenvalue weighted by atomic mass is 16.5. The molecule has 5 rings (SSSR count). The van der Waals surface area contributed by atoms with Crippen LogP contribution in [0.1, 0.15) is 64.0 Å². The summed E-state index contributed by atoms with van der Waals surface area (Å²) in [7, 11) is 0. The second-order valence-corrected chi connectivity index (χ2v) is 13.0. The van der Waals surface area contributed by atoms with E-state index in [1.54, 1.807) is 4.90 Å². The topological polar surface area (TPSA) is 105 Å². The van der Waals surface area contributed by atoms with Crippen LogP contribution < -0.4 is 10.6 Å². The minimum Gasteiger partial charge on any atom is -0.371 e. The Balaban J connectivity index is 1.49. The molecule has 8 nitrogen and oxygen atoms in total. The molecule has 1 unspecified atom stereocenters. The van der Waals surface area contributed by atoms with Crippen LogP contribution in [0.3, 0.4) is 0 Å². The lowest BCUT2D eigenvalue weighted by Crippen LogP contribution is -2.53. The molecule has 2 aliphatic heterocycles. The van der Waals surface area contributed by atoms with Gasteiger partial charge in [0.15, 0.2) is 5.78 Å². The minimum atomic E-state index is -0.850. The van der Waals surface area contributed by atoms with Crippen LogP contribution in [0.4, 0.5) is 0 Å². The Hall–Kier alpha value is -3.52. The third kappa shape index (κ3) is 7.27. The molecule has 3 amide bonds. The highest BCUT2D eigenvalue weighted by molar-refractivity contribution is 5.97. The Morgan fingerprint density at radius 2 is 1.45 bits per heavy atom. The molecule has 2 N–H and O–H groups in total. The second-order valence-electron chi connectivity index (χ2n) is 13.0. The van der Waals surface area contributed by atoms with E-state index in [1.165, 1.54) is 0 Å². The van der Waals surface area contributed by atoms with Crippen LogP contribution in [0.5, 0.6) is 0 Å². The van der Waals surface area contributed by atoms with Crippen LogP contribution in [0.25, 0.3) is 0 Å². The van der Waals surface area contributed by atoms with Crippen molar-refractivity contribution in [3.8, 4) is 0 Å². The quantitative estimate of drug-likeness (QED) is 0.569. The Morgan fingerprint density at radius 1 is 0.833 bits per heavy atom. The molecule has 0 bridgehead atoms. The zero-order chi connectivity index (χ0) is 29.9. The van der Waals surface area contributed by atoms with Crippen molar-refractivity contribution in [2.75, 3.05) is 6.54 Å². The van der Waals surface area contributed by atoms with Crippen molar-refractivity contribution in [1.29, 1.82) is 0 Å². The molecule has 2 saturated heterocycles. The normalized spacial score (nSPS) is 29.1. The van der Waals surface area contributed by atoms with Gasteiger partial charge in [-0.05, 0) is 51.2 Å². The molecule has 2 aromatic rings. The number of carbonyl (C=O) groups excluding carboxylic acids is 4. The SMILES string of the molecule is CC(C)(C)O[C@@H]1C[C@H]2C(=O)C3CCC[C@H]3C(=O)N[C@@H](Cc3ccccc3)CC(=O)N[C@@H](Cc3ccccc3)C(=O)N2C1. The van der Waals surface area contributed by atoms with Crippen LogP contribution in [-0.2, 0) is 36.8 Å². The van der Waals surface area contributed by atoms with E-state index in [0.717, 1.165) is 17.5 Å². The monoisotopic (exact) mass is 573 g/mol. The Morgan fingerprint density at radius 3 is 2.10 bits per heavy atom. The number of Topliss-reactive ketones (excluding diaryl/α,β-unsaturated/α-hetero) is 1. The van der Waals surface area contributed by atoms with Crippen molar-refractivity contribution in [3.63, 3.8) is 0 Å². The van der Waals surface area contributed by atoms with E-state index >= 15 is 0 Å². The molecule has 0 aromatic heterocycles. The van der Waals surface area contributed by atoms with Crippen molar-refractivity contribution in [3.05, 3.63) is 71.8 Å². The number of benzene rings is 2. The molecule has 3 aliphatic rings. The first-order chi connectivity index (χ1) is 20.1. The first-order valence-electron chi connectivity index (χ1n) is 15.3. The number of nitrogens with one attached hydrogen (secondary N) is 2. The van der Waals surface area contributed by atoms with Gasteiger partial charge < -0.3 is 20.3 Å². The molecule has 42 heavy (non-hydrogen) atoms. The van der Waals surface area contributed by atoms with Crippen LogP contribution >= 0.6 is 0 Å². The maximum atomic E-state index is 14.3. The molecule has 0 radical (unpaired) electrons. The van der Waals surface area contributed by atoms with Crippen LogP contribution in [-0.4, -0.2) is 64.8 Å². The number of ether oxygens (including phenoxy) is 1. The predicted molar refractivity (Wildman–Crippen MR) is 159 cm³/mol. The van der Waals surface area contributed by atoms with Crippen molar-refractivity contribution in [2.45, 2.75) is 95.5 Å². The Labute approximate surface area is 248 Å². The van der Waals surface area contributed by atoms with Gasteiger partial charge in [-0.3, -0.25) is 19.2 Å². The minimum absolute atomic E-state index is 0.0315. The standard InChI is InChI=1S/C34H43N3O5/c1-34(2,3)42-25-20-29-31(39)26-15-10-16-27(26)32(40)35-24(17-22-11-6-4-7-12-22)19-30(38)36-28(33(41)37(29)21-25)18-23-13-8-5-9-14-23/h4-9,11-14,24-29H,10,15-21H2,1-3H3,(H,35,40)(H,36,38)/t24-,25+,26?,27+,28-,29-/m0/s1. The van der Waals surface area contributed by atoms with E-state index < -0.39 is 35.6 Å². The second kappa shape index (κ2) is 12.8. The molecular formula is C34H43N3O5. The number of nitrogens with zero attached hydrogens (tertiary/aromatic N) is 1. The van der Waals surface area contributed by atoms with Crippen LogP contribution in [0.2, 0.25) is 0 Å². The summed E-state index contributed by atoms with van der Waals surface area (Å²) in [6, 6.07) is 17.3. The largest absolute Gasteiger partial charge is 0.371 e. The fourth-order valence-corrected chi connectivity index (χ4v) is 6.87. The summed E-state index contributed by atoms with van der Waals surface area (Å²) in [5.74, 6) is -1.77. The summed E-state index contributed by atoms with van der Waals surface area (Å²) in [6.45, 7) is 6.15. The fourth-order valence-electron chi connectivity index (χ4n) is 6.87. The molecule has 1 aliphatic carbocycles. The van der Waals surface area contributed by atoms with Crippen molar-refractivity contribution < 1.29 is 23.9 Å². The molecule has 0 spiro atoms. The Kier molecular flexibility index (Phi) is 9.11. The van der Waals surface area contributed by atoms with E-state index in [1.807, 2.05) is 81.4 Å². The average molecular weight is 574 g/mol. The van der Waals surface area contributed by atoms with Gasteiger partial charge >= 0.3 is 0 Å². The number of rotatable bonds is 5. The summed E-state index contributed by atoms with van der Waals surface area (Å²) in [5.41, 5.74) is 1.47. The van der Waals surface area contributed by atoms with Gasteiger partial charge in [-0.25, -0.2) is 0 Å². The fraction of sp³-hybridized carbons (Fsp3) is 0.529. The maximum Gasteiger partial charge on any atom is 0.246 e. The molecule has 6 atom stereocenters. The van der Waals surface area contributed by atoms with Crippen molar-refractivity contribution in [1.82, 2.24) is 15.5 Å². The average Bonchev–Trinajstić information content (AvgIpc) is 3.59. The molecule has 3 fully saturated rings. The van der Waals surface area contributed by atoms with Gasteiger partial charge in [0.25, 0.3) is 0 Å². The summed E-state index contributed by atoms with van der Waals surface area (Å²) in [6.07, 6.45) is 2.89. The number of amides is 3. The van der Waals surface area contributed by atoms with Gasteiger partial charge in [0, 0.05) is 43.7 Å². The third-order valence-corrected chi connectivity index (χ3v) is 8.63. The number of ketones is 1. The molecule has 1 saturated carbocycles. The predicted octanol–water partition coefficient (Wildman–Crippen LogP) is 3.62. The number of hydrogen-bond donors (Lipinski definition) is 2. The van der Waals surface area contributed by atoms with Gasteiger partial charge in [0.2, 0.25) is 17.7 Å². The van der Waals surface area contributed by atoms with Crippen molar-refractivity contribution in [2.24, 2.45) is 11.8 Å². The van der Waals surface area contributed by atoms with E-state index in [0.29, 0.717) is 32.1 Å². The number of carbonyl (C=O) groups is 4.